The van der Waals surface area contributed by atoms with Crippen LogP contribution in [-0.2, 0) is 19.6 Å². The zero-order valence-electron chi connectivity index (χ0n) is 14.4. The second-order valence-corrected chi connectivity index (χ2v) is 7.61. The van der Waals surface area contributed by atoms with Crippen molar-refractivity contribution in [3.8, 4) is 0 Å². The standard InChI is InChI=1S/C18H24N6O/c25-18(20-17-6-7-19-24(17)11-13-2-1-3-13)22-8-9-23-15(12-22)10-16(21-23)14-4-5-14/h6-7,10,13-14H,1-5,8-9,11-12H2,(H,20,25). The molecule has 5 rings (SSSR count). The Bertz CT molecular complexity index is 785. The molecule has 2 amide bonds. The van der Waals surface area contributed by atoms with E-state index in [2.05, 4.69) is 26.3 Å². The minimum absolute atomic E-state index is 0.0456. The quantitative estimate of drug-likeness (QED) is 0.930. The van der Waals surface area contributed by atoms with Gasteiger partial charge in [0.05, 0.1) is 30.7 Å². The lowest BCUT2D eigenvalue weighted by Gasteiger charge is -2.28. The van der Waals surface area contributed by atoms with Crippen LogP contribution in [0.25, 0.3) is 0 Å². The highest BCUT2D eigenvalue weighted by Crippen LogP contribution is 2.39. The summed E-state index contributed by atoms with van der Waals surface area (Å²) in [6.45, 7) is 3.00. The van der Waals surface area contributed by atoms with Gasteiger partial charge in [-0.3, -0.25) is 10.00 Å². The Morgan fingerprint density at radius 3 is 2.88 bits per heavy atom. The molecule has 2 aliphatic carbocycles. The third kappa shape index (κ3) is 2.92. The Balaban J connectivity index is 1.24. The molecule has 2 fully saturated rings. The molecule has 0 spiro atoms. The van der Waals surface area contributed by atoms with Crippen molar-refractivity contribution in [2.45, 2.75) is 57.7 Å². The maximum absolute atomic E-state index is 12.7. The summed E-state index contributed by atoms with van der Waals surface area (Å²) >= 11 is 0. The molecule has 7 nitrogen and oxygen atoms in total. The van der Waals surface area contributed by atoms with Crippen molar-refractivity contribution < 1.29 is 4.79 Å². The molecule has 0 radical (unpaired) electrons. The van der Waals surface area contributed by atoms with Crippen LogP contribution in [0, 0.1) is 5.92 Å². The van der Waals surface area contributed by atoms with Crippen LogP contribution in [0.15, 0.2) is 18.3 Å². The van der Waals surface area contributed by atoms with E-state index in [0.29, 0.717) is 24.9 Å². The van der Waals surface area contributed by atoms with Gasteiger partial charge in [0.25, 0.3) is 0 Å². The molecule has 1 aliphatic heterocycles. The van der Waals surface area contributed by atoms with Crippen LogP contribution in [0.5, 0.6) is 0 Å². The first-order chi connectivity index (χ1) is 12.3. The number of fused-ring (bicyclic) bond motifs is 1. The topological polar surface area (TPSA) is 68.0 Å². The summed E-state index contributed by atoms with van der Waals surface area (Å²) in [5.41, 5.74) is 2.35. The number of nitrogens with one attached hydrogen (secondary N) is 1. The number of anilines is 1. The molecule has 2 aromatic rings. The number of carbonyl (C=O) groups is 1. The number of urea groups is 1. The molecule has 3 heterocycles. The smallest absolute Gasteiger partial charge is 0.317 e. The molecule has 0 unspecified atom stereocenters. The van der Waals surface area contributed by atoms with Gasteiger partial charge in [0.1, 0.15) is 5.82 Å². The van der Waals surface area contributed by atoms with Crippen LogP contribution in [0.2, 0.25) is 0 Å². The molecule has 0 atom stereocenters. The Morgan fingerprint density at radius 1 is 1.24 bits per heavy atom. The molecule has 3 aliphatic rings. The zero-order valence-corrected chi connectivity index (χ0v) is 14.4. The van der Waals surface area contributed by atoms with Crippen molar-refractivity contribution >= 4 is 11.8 Å². The third-order valence-electron chi connectivity index (χ3n) is 5.71. The van der Waals surface area contributed by atoms with E-state index in [9.17, 15) is 4.79 Å². The minimum atomic E-state index is -0.0456. The van der Waals surface area contributed by atoms with Crippen molar-refractivity contribution in [2.24, 2.45) is 5.92 Å². The molecule has 1 N–H and O–H groups in total. The van der Waals surface area contributed by atoms with Crippen molar-refractivity contribution in [3.63, 3.8) is 0 Å². The second-order valence-electron chi connectivity index (χ2n) is 7.61. The van der Waals surface area contributed by atoms with E-state index >= 15 is 0 Å². The highest BCUT2D eigenvalue weighted by Gasteiger charge is 2.30. The first-order valence-electron chi connectivity index (χ1n) is 9.40. The normalized spacial score (nSPS) is 20.2. The van der Waals surface area contributed by atoms with Gasteiger partial charge < -0.3 is 4.90 Å². The number of nitrogens with zero attached hydrogens (tertiary/aromatic N) is 5. The third-order valence-corrected chi connectivity index (χ3v) is 5.71. The van der Waals surface area contributed by atoms with Crippen LogP contribution >= 0.6 is 0 Å². The molecule has 2 saturated carbocycles. The minimum Gasteiger partial charge on any atom is -0.317 e. The lowest BCUT2D eigenvalue weighted by molar-refractivity contribution is 0.194. The van der Waals surface area contributed by atoms with Gasteiger partial charge in [-0.2, -0.15) is 10.2 Å². The molecular weight excluding hydrogens is 316 g/mol. The van der Waals surface area contributed by atoms with E-state index in [4.69, 9.17) is 0 Å². The number of carbonyl (C=O) groups excluding carboxylic acids is 1. The first kappa shape index (κ1) is 15.0. The van der Waals surface area contributed by atoms with E-state index in [1.54, 1.807) is 6.20 Å². The number of rotatable bonds is 4. The fraction of sp³-hybridized carbons (Fsp3) is 0.611. The van der Waals surface area contributed by atoms with Gasteiger partial charge in [-0.25, -0.2) is 9.48 Å². The average molecular weight is 340 g/mol. The van der Waals surface area contributed by atoms with Crippen molar-refractivity contribution in [1.82, 2.24) is 24.5 Å². The average Bonchev–Trinajstić information content (AvgIpc) is 3.19. The summed E-state index contributed by atoms with van der Waals surface area (Å²) in [4.78, 5) is 14.6. The number of amides is 2. The van der Waals surface area contributed by atoms with Gasteiger partial charge in [-0.1, -0.05) is 6.42 Å². The van der Waals surface area contributed by atoms with Gasteiger partial charge in [0.15, 0.2) is 0 Å². The summed E-state index contributed by atoms with van der Waals surface area (Å²) in [5.74, 6) is 2.16. The molecule has 7 heteroatoms. The number of hydrogen-bond donors (Lipinski definition) is 1. The summed E-state index contributed by atoms with van der Waals surface area (Å²) in [7, 11) is 0. The Kier molecular flexibility index (Phi) is 3.53. The van der Waals surface area contributed by atoms with Gasteiger partial charge in [0, 0.05) is 25.1 Å². The monoisotopic (exact) mass is 340 g/mol. The maximum atomic E-state index is 12.7. The SMILES string of the molecule is O=C(Nc1ccnn1CC1CCC1)N1CCn2nc(C3CC3)cc2C1. The van der Waals surface area contributed by atoms with Crippen LogP contribution < -0.4 is 5.32 Å². The summed E-state index contributed by atoms with van der Waals surface area (Å²) in [6, 6.07) is 4.02. The Morgan fingerprint density at radius 2 is 2.12 bits per heavy atom. The van der Waals surface area contributed by atoms with Gasteiger partial charge >= 0.3 is 6.03 Å². The zero-order chi connectivity index (χ0) is 16.8. The van der Waals surface area contributed by atoms with E-state index < -0.39 is 0 Å². The highest BCUT2D eigenvalue weighted by atomic mass is 16.2. The van der Waals surface area contributed by atoms with E-state index in [1.165, 1.54) is 37.8 Å². The van der Waals surface area contributed by atoms with Crippen LogP contribution in [0.4, 0.5) is 10.6 Å². The van der Waals surface area contributed by atoms with E-state index in [1.807, 2.05) is 15.6 Å². The van der Waals surface area contributed by atoms with E-state index in [-0.39, 0.29) is 6.03 Å². The summed E-state index contributed by atoms with van der Waals surface area (Å²) < 4.78 is 4.00. The molecular formula is C18H24N6O. The largest absolute Gasteiger partial charge is 0.323 e. The maximum Gasteiger partial charge on any atom is 0.323 e. The van der Waals surface area contributed by atoms with Gasteiger partial charge in [-0.15, -0.1) is 0 Å². The summed E-state index contributed by atoms with van der Waals surface area (Å²) in [6.07, 6.45) is 8.13. The number of hydrogen-bond acceptors (Lipinski definition) is 3. The molecule has 0 bridgehead atoms. The molecule has 2 aromatic heterocycles. The van der Waals surface area contributed by atoms with Gasteiger partial charge in [0.2, 0.25) is 0 Å². The molecule has 25 heavy (non-hydrogen) atoms. The predicted molar refractivity (Wildman–Crippen MR) is 93.2 cm³/mol. The van der Waals surface area contributed by atoms with Crippen molar-refractivity contribution in [2.75, 3.05) is 11.9 Å². The number of aromatic nitrogens is 4. The van der Waals surface area contributed by atoms with Crippen LogP contribution in [0.3, 0.4) is 0 Å². The van der Waals surface area contributed by atoms with Crippen LogP contribution in [0.1, 0.15) is 49.4 Å². The fourth-order valence-electron chi connectivity index (χ4n) is 3.73. The lowest BCUT2D eigenvalue weighted by Crippen LogP contribution is -2.41. The molecule has 132 valence electrons. The fourth-order valence-corrected chi connectivity index (χ4v) is 3.73. The van der Waals surface area contributed by atoms with E-state index in [0.717, 1.165) is 24.6 Å². The van der Waals surface area contributed by atoms with Gasteiger partial charge in [-0.05, 0) is 37.7 Å². The Labute approximate surface area is 147 Å². The Hall–Kier alpha value is -2.31. The second kappa shape index (κ2) is 5.89. The van der Waals surface area contributed by atoms with Crippen molar-refractivity contribution in [1.29, 1.82) is 0 Å². The predicted octanol–water partition coefficient (Wildman–Crippen LogP) is 2.80. The lowest BCUT2D eigenvalue weighted by atomic mass is 9.85. The van der Waals surface area contributed by atoms with Crippen molar-refractivity contribution in [3.05, 3.63) is 29.7 Å². The molecule has 0 saturated heterocycles. The van der Waals surface area contributed by atoms with Crippen LogP contribution in [-0.4, -0.2) is 37.0 Å². The molecule has 0 aromatic carbocycles. The highest BCUT2D eigenvalue weighted by molar-refractivity contribution is 5.88. The summed E-state index contributed by atoms with van der Waals surface area (Å²) in [5, 5.41) is 12.1. The first-order valence-corrected chi connectivity index (χ1v) is 9.40.